The normalized spacial score (nSPS) is 13.0. The maximum atomic E-state index is 14.0. The number of nitriles is 1. The lowest BCUT2D eigenvalue weighted by Crippen LogP contribution is -2.40. The SMILES string of the molecule is COC(C)(CNC(=O)c1cccc(C#N)c1)c1ccccc1F. The molecule has 0 spiro atoms. The van der Waals surface area contributed by atoms with Crippen molar-refractivity contribution in [3.8, 4) is 6.07 Å². The van der Waals surface area contributed by atoms with Crippen molar-refractivity contribution in [2.45, 2.75) is 12.5 Å². The van der Waals surface area contributed by atoms with Crippen molar-refractivity contribution in [2.75, 3.05) is 13.7 Å². The largest absolute Gasteiger partial charge is 0.372 e. The predicted octanol–water partition coefficient (Wildman–Crippen LogP) is 2.99. The number of nitrogens with one attached hydrogen (secondary N) is 1. The van der Waals surface area contributed by atoms with Crippen molar-refractivity contribution in [2.24, 2.45) is 0 Å². The van der Waals surface area contributed by atoms with E-state index >= 15 is 0 Å². The van der Waals surface area contributed by atoms with Gasteiger partial charge in [0.05, 0.1) is 18.2 Å². The minimum atomic E-state index is -0.992. The third-order valence-corrected chi connectivity index (χ3v) is 3.73. The van der Waals surface area contributed by atoms with E-state index in [0.29, 0.717) is 16.7 Å². The molecule has 2 rings (SSSR count). The number of amides is 1. The third kappa shape index (κ3) is 3.74. The molecule has 0 aliphatic rings. The highest BCUT2D eigenvalue weighted by Crippen LogP contribution is 2.26. The van der Waals surface area contributed by atoms with Crippen LogP contribution in [0.15, 0.2) is 48.5 Å². The Morgan fingerprint density at radius 1 is 1.30 bits per heavy atom. The second-order valence-corrected chi connectivity index (χ2v) is 5.29. The molecule has 0 heterocycles. The highest BCUT2D eigenvalue weighted by atomic mass is 19.1. The van der Waals surface area contributed by atoms with Crippen LogP contribution in [-0.4, -0.2) is 19.6 Å². The Bertz CT molecular complexity index is 755. The predicted molar refractivity (Wildman–Crippen MR) is 84.3 cm³/mol. The summed E-state index contributed by atoms with van der Waals surface area (Å²) in [4.78, 5) is 12.2. The van der Waals surface area contributed by atoms with Gasteiger partial charge in [-0.2, -0.15) is 5.26 Å². The minimum Gasteiger partial charge on any atom is -0.372 e. The molecule has 1 amide bonds. The lowest BCUT2D eigenvalue weighted by atomic mass is 9.95. The van der Waals surface area contributed by atoms with Crippen molar-refractivity contribution in [3.63, 3.8) is 0 Å². The van der Waals surface area contributed by atoms with E-state index in [0.717, 1.165) is 0 Å². The molecule has 118 valence electrons. The fourth-order valence-electron chi connectivity index (χ4n) is 2.25. The summed E-state index contributed by atoms with van der Waals surface area (Å²) in [5.41, 5.74) is 0.152. The van der Waals surface area contributed by atoms with Gasteiger partial charge in [-0.15, -0.1) is 0 Å². The minimum absolute atomic E-state index is 0.0973. The van der Waals surface area contributed by atoms with Crippen molar-refractivity contribution >= 4 is 5.91 Å². The van der Waals surface area contributed by atoms with Crippen LogP contribution in [0.5, 0.6) is 0 Å². The molecule has 5 heteroatoms. The van der Waals surface area contributed by atoms with Gasteiger partial charge in [-0.05, 0) is 31.2 Å². The van der Waals surface area contributed by atoms with E-state index in [1.54, 1.807) is 43.3 Å². The Morgan fingerprint density at radius 3 is 2.70 bits per heavy atom. The monoisotopic (exact) mass is 312 g/mol. The fraction of sp³-hybridized carbons (Fsp3) is 0.222. The number of carbonyl (C=O) groups is 1. The van der Waals surface area contributed by atoms with Crippen LogP contribution in [0.25, 0.3) is 0 Å². The van der Waals surface area contributed by atoms with Gasteiger partial charge in [-0.1, -0.05) is 24.3 Å². The first-order valence-corrected chi connectivity index (χ1v) is 7.08. The zero-order valence-corrected chi connectivity index (χ0v) is 13.0. The first-order chi connectivity index (χ1) is 11.0. The Morgan fingerprint density at radius 2 is 2.04 bits per heavy atom. The topological polar surface area (TPSA) is 62.1 Å². The summed E-state index contributed by atoms with van der Waals surface area (Å²) >= 11 is 0. The molecule has 0 aliphatic heterocycles. The van der Waals surface area contributed by atoms with Crippen LogP contribution in [0.1, 0.15) is 28.4 Å². The maximum absolute atomic E-state index is 14.0. The van der Waals surface area contributed by atoms with Crippen LogP contribution < -0.4 is 5.32 Å². The van der Waals surface area contributed by atoms with Gasteiger partial charge < -0.3 is 10.1 Å². The summed E-state index contributed by atoms with van der Waals surface area (Å²) in [7, 11) is 1.47. The summed E-state index contributed by atoms with van der Waals surface area (Å²) in [5, 5.41) is 11.6. The Hall–Kier alpha value is -2.71. The lowest BCUT2D eigenvalue weighted by molar-refractivity contribution is 0.000389. The quantitative estimate of drug-likeness (QED) is 0.923. The zero-order valence-electron chi connectivity index (χ0n) is 13.0. The molecule has 23 heavy (non-hydrogen) atoms. The average molecular weight is 312 g/mol. The first kappa shape index (κ1) is 16.7. The Kier molecular flexibility index (Phi) is 5.09. The second-order valence-electron chi connectivity index (χ2n) is 5.29. The molecule has 0 aliphatic carbocycles. The van der Waals surface area contributed by atoms with Gasteiger partial charge in [0, 0.05) is 18.2 Å². The molecule has 1 N–H and O–H groups in total. The number of methoxy groups -OCH3 is 1. The molecule has 1 atom stereocenters. The van der Waals surface area contributed by atoms with Gasteiger partial charge >= 0.3 is 0 Å². The highest BCUT2D eigenvalue weighted by molar-refractivity contribution is 5.94. The van der Waals surface area contributed by atoms with Gasteiger partial charge in [0.25, 0.3) is 5.91 Å². The van der Waals surface area contributed by atoms with E-state index in [-0.39, 0.29) is 12.5 Å². The number of hydrogen-bond acceptors (Lipinski definition) is 3. The number of halogens is 1. The van der Waals surface area contributed by atoms with E-state index in [1.807, 2.05) is 6.07 Å². The standard InChI is InChI=1S/C18H17FN2O2/c1-18(23-2,15-8-3-4-9-16(15)19)12-21-17(22)14-7-5-6-13(10-14)11-20/h3-10H,12H2,1-2H3,(H,21,22). The molecule has 0 saturated carbocycles. The van der Waals surface area contributed by atoms with Crippen LogP contribution in [0.3, 0.4) is 0 Å². The van der Waals surface area contributed by atoms with Crippen molar-refractivity contribution in [3.05, 3.63) is 71.0 Å². The molecule has 2 aromatic carbocycles. The molecule has 4 nitrogen and oxygen atoms in total. The fourth-order valence-corrected chi connectivity index (χ4v) is 2.25. The van der Waals surface area contributed by atoms with Crippen LogP contribution >= 0.6 is 0 Å². The molecule has 0 radical (unpaired) electrons. The highest BCUT2D eigenvalue weighted by Gasteiger charge is 2.29. The molecule has 0 fully saturated rings. The Labute approximate surface area is 134 Å². The van der Waals surface area contributed by atoms with Gasteiger partial charge in [0.1, 0.15) is 11.4 Å². The van der Waals surface area contributed by atoms with Gasteiger partial charge in [0.2, 0.25) is 0 Å². The number of rotatable bonds is 5. The zero-order chi connectivity index (χ0) is 16.9. The molecular weight excluding hydrogens is 295 g/mol. The van der Waals surface area contributed by atoms with Crippen LogP contribution in [0.4, 0.5) is 4.39 Å². The van der Waals surface area contributed by atoms with E-state index in [4.69, 9.17) is 10.00 Å². The number of carbonyl (C=O) groups excluding carboxylic acids is 1. The van der Waals surface area contributed by atoms with Crippen molar-refractivity contribution < 1.29 is 13.9 Å². The van der Waals surface area contributed by atoms with Crippen molar-refractivity contribution in [1.82, 2.24) is 5.32 Å². The molecular formula is C18H17FN2O2. The van der Waals surface area contributed by atoms with E-state index in [2.05, 4.69) is 5.32 Å². The maximum Gasteiger partial charge on any atom is 0.251 e. The molecule has 1 unspecified atom stereocenters. The summed E-state index contributed by atoms with van der Waals surface area (Å²) in [6, 6.07) is 14.7. The lowest BCUT2D eigenvalue weighted by Gasteiger charge is -2.29. The molecule has 0 aromatic heterocycles. The van der Waals surface area contributed by atoms with Crippen LogP contribution in [0, 0.1) is 17.1 Å². The summed E-state index contributed by atoms with van der Waals surface area (Å²) in [6.07, 6.45) is 0. The smallest absolute Gasteiger partial charge is 0.251 e. The van der Waals surface area contributed by atoms with Crippen LogP contribution in [-0.2, 0) is 10.3 Å². The molecule has 2 aromatic rings. The van der Waals surface area contributed by atoms with Crippen molar-refractivity contribution in [1.29, 1.82) is 5.26 Å². The van der Waals surface area contributed by atoms with Gasteiger partial charge in [-0.3, -0.25) is 4.79 Å². The van der Waals surface area contributed by atoms with E-state index < -0.39 is 11.4 Å². The van der Waals surface area contributed by atoms with Gasteiger partial charge in [-0.25, -0.2) is 4.39 Å². The summed E-state index contributed by atoms with van der Waals surface area (Å²) in [6.45, 7) is 1.80. The van der Waals surface area contributed by atoms with E-state index in [1.165, 1.54) is 19.2 Å². The Balaban J connectivity index is 2.15. The molecule has 0 saturated heterocycles. The summed E-state index contributed by atoms with van der Waals surface area (Å²) < 4.78 is 19.4. The number of ether oxygens (including phenoxy) is 1. The number of hydrogen-bond donors (Lipinski definition) is 1. The van der Waals surface area contributed by atoms with Gasteiger partial charge in [0.15, 0.2) is 0 Å². The van der Waals surface area contributed by atoms with Crippen LogP contribution in [0.2, 0.25) is 0 Å². The second kappa shape index (κ2) is 7.03. The third-order valence-electron chi connectivity index (χ3n) is 3.73. The average Bonchev–Trinajstić information content (AvgIpc) is 2.59. The van der Waals surface area contributed by atoms with E-state index in [9.17, 15) is 9.18 Å². The summed E-state index contributed by atoms with van der Waals surface area (Å²) in [5.74, 6) is -0.737. The first-order valence-electron chi connectivity index (χ1n) is 7.08. The molecule has 0 bridgehead atoms. The number of nitrogens with zero attached hydrogens (tertiary/aromatic N) is 1. The number of benzene rings is 2.